The highest BCUT2D eigenvalue weighted by Crippen LogP contribution is 2.54. The standard InChI is InChI=1S/C38H40F2N4O2/c1-25(42-35(45)31-17-30(20-41-21-31)27-11-15-44(16-12-27)36(46)38(22-39)13-14-38)26-3-5-28(6-4-26)34(29-7-9-33(40)10-8-29)32-18-37(19-32)23-43(2)24-37/h3-11,17,20-21,25H,12-16,18-19,22-24H2,1-2H3,(H,42,45)/t25-/m1/s1. The number of carbonyl (C=O) groups excluding carboxylic acids is 2. The van der Waals surface area contributed by atoms with E-state index in [-0.39, 0.29) is 23.7 Å². The molecule has 0 radical (unpaired) electrons. The van der Waals surface area contributed by atoms with Crippen molar-refractivity contribution >= 4 is 23.0 Å². The number of nitrogens with zero attached hydrogens (tertiary/aromatic N) is 3. The van der Waals surface area contributed by atoms with Crippen LogP contribution in [0, 0.1) is 16.6 Å². The SMILES string of the molecule is C[C@@H](NC(=O)c1cncc(C2=CCN(C(=O)C3(CF)CC3)CC2)c1)c1ccc(C(=C2CC3(C2)CN(C)C3)c2ccc(F)cc2)cc1. The average molecular weight is 623 g/mol. The number of rotatable bonds is 8. The summed E-state index contributed by atoms with van der Waals surface area (Å²) in [7, 11) is 2.16. The van der Waals surface area contributed by atoms with Gasteiger partial charge in [0, 0.05) is 44.0 Å². The number of allylic oxidation sites excluding steroid dienone is 1. The number of pyridine rings is 1. The molecule has 1 spiro atoms. The van der Waals surface area contributed by atoms with E-state index in [9.17, 15) is 18.4 Å². The number of likely N-dealkylation sites (tertiary alicyclic amines) is 1. The Morgan fingerprint density at radius 2 is 1.65 bits per heavy atom. The summed E-state index contributed by atoms with van der Waals surface area (Å²) in [6, 6.07) is 16.7. The van der Waals surface area contributed by atoms with E-state index in [1.807, 2.05) is 31.2 Å². The molecule has 2 aliphatic carbocycles. The minimum atomic E-state index is -0.781. The van der Waals surface area contributed by atoms with Crippen LogP contribution in [0.4, 0.5) is 8.78 Å². The van der Waals surface area contributed by atoms with Gasteiger partial charge in [0.1, 0.15) is 12.5 Å². The summed E-state index contributed by atoms with van der Waals surface area (Å²) in [5, 5.41) is 3.11. The minimum absolute atomic E-state index is 0.0833. The molecule has 1 atom stereocenters. The van der Waals surface area contributed by atoms with Gasteiger partial charge in [-0.3, -0.25) is 14.6 Å². The topological polar surface area (TPSA) is 65.5 Å². The van der Waals surface area contributed by atoms with Crippen LogP contribution in [-0.4, -0.2) is 66.5 Å². The Morgan fingerprint density at radius 3 is 2.24 bits per heavy atom. The van der Waals surface area contributed by atoms with Gasteiger partial charge < -0.3 is 15.1 Å². The van der Waals surface area contributed by atoms with Crippen molar-refractivity contribution in [1.82, 2.24) is 20.1 Å². The number of alkyl halides is 1. The van der Waals surface area contributed by atoms with E-state index in [4.69, 9.17) is 0 Å². The number of halogens is 2. The normalized spacial score (nSPS) is 20.3. The van der Waals surface area contributed by atoms with Crippen LogP contribution < -0.4 is 5.32 Å². The second-order valence-corrected chi connectivity index (χ2v) is 13.9. The summed E-state index contributed by atoms with van der Waals surface area (Å²) in [5.74, 6) is -0.535. The number of nitrogens with one attached hydrogen (secondary N) is 1. The molecule has 46 heavy (non-hydrogen) atoms. The molecule has 2 aliphatic heterocycles. The molecule has 3 heterocycles. The minimum Gasteiger partial charge on any atom is -0.345 e. The molecule has 7 rings (SSSR count). The number of amides is 2. The molecular formula is C38H40F2N4O2. The summed E-state index contributed by atoms with van der Waals surface area (Å²) in [5.41, 5.74) is 7.69. The van der Waals surface area contributed by atoms with Crippen molar-refractivity contribution in [2.45, 2.75) is 45.1 Å². The van der Waals surface area contributed by atoms with Crippen LogP contribution >= 0.6 is 0 Å². The Hall–Kier alpha value is -4.17. The molecule has 238 valence electrons. The molecule has 2 amide bonds. The van der Waals surface area contributed by atoms with E-state index in [1.165, 1.54) is 23.3 Å². The van der Waals surface area contributed by atoms with Gasteiger partial charge in [0.25, 0.3) is 5.91 Å². The van der Waals surface area contributed by atoms with Gasteiger partial charge in [-0.2, -0.15) is 0 Å². The lowest BCUT2D eigenvalue weighted by molar-refractivity contribution is -0.137. The van der Waals surface area contributed by atoms with E-state index in [0.29, 0.717) is 43.3 Å². The smallest absolute Gasteiger partial charge is 0.253 e. The fourth-order valence-electron chi connectivity index (χ4n) is 7.59. The average Bonchev–Trinajstić information content (AvgIpc) is 3.85. The van der Waals surface area contributed by atoms with Crippen molar-refractivity contribution in [2.24, 2.45) is 10.8 Å². The molecule has 6 nitrogen and oxygen atoms in total. The maximum Gasteiger partial charge on any atom is 0.253 e. The third-order valence-electron chi connectivity index (χ3n) is 10.4. The van der Waals surface area contributed by atoms with Gasteiger partial charge >= 0.3 is 0 Å². The van der Waals surface area contributed by atoms with Crippen molar-refractivity contribution in [3.8, 4) is 0 Å². The molecular weight excluding hydrogens is 582 g/mol. The number of aromatic nitrogens is 1. The lowest BCUT2D eigenvalue weighted by Crippen LogP contribution is -2.58. The van der Waals surface area contributed by atoms with E-state index >= 15 is 0 Å². The van der Waals surface area contributed by atoms with Crippen LogP contribution in [0.3, 0.4) is 0 Å². The first-order valence-electron chi connectivity index (χ1n) is 16.3. The molecule has 4 aliphatic rings. The van der Waals surface area contributed by atoms with Crippen LogP contribution in [0.2, 0.25) is 0 Å². The first-order valence-corrected chi connectivity index (χ1v) is 16.3. The molecule has 1 saturated heterocycles. The third kappa shape index (κ3) is 5.79. The molecule has 1 aromatic heterocycles. The number of benzene rings is 2. The van der Waals surface area contributed by atoms with E-state index in [1.54, 1.807) is 17.3 Å². The van der Waals surface area contributed by atoms with Crippen molar-refractivity contribution in [2.75, 3.05) is 39.9 Å². The van der Waals surface area contributed by atoms with Gasteiger partial charge in [-0.1, -0.05) is 48.0 Å². The zero-order valence-corrected chi connectivity index (χ0v) is 26.5. The second-order valence-electron chi connectivity index (χ2n) is 13.9. The first kappa shape index (κ1) is 30.5. The summed E-state index contributed by atoms with van der Waals surface area (Å²) < 4.78 is 27.2. The highest BCUT2D eigenvalue weighted by Gasteiger charge is 2.52. The molecule has 3 aromatic rings. The fraction of sp³-hybridized carbons (Fsp3) is 0.395. The summed E-state index contributed by atoms with van der Waals surface area (Å²) in [6.45, 7) is 4.61. The Morgan fingerprint density at radius 1 is 0.978 bits per heavy atom. The Labute approximate surface area is 269 Å². The lowest BCUT2D eigenvalue weighted by Gasteiger charge is -2.56. The highest BCUT2D eigenvalue weighted by molar-refractivity contribution is 5.95. The maximum atomic E-state index is 13.8. The second kappa shape index (κ2) is 11.9. The Kier molecular flexibility index (Phi) is 7.87. The monoisotopic (exact) mass is 622 g/mol. The van der Waals surface area contributed by atoms with Crippen LogP contribution in [0.25, 0.3) is 11.1 Å². The Bertz CT molecular complexity index is 1710. The quantitative estimate of drug-likeness (QED) is 0.307. The number of hydrogen-bond acceptors (Lipinski definition) is 4. The van der Waals surface area contributed by atoms with Gasteiger partial charge in [-0.25, -0.2) is 8.78 Å². The molecule has 2 saturated carbocycles. The third-order valence-corrected chi connectivity index (χ3v) is 10.4. The van der Waals surface area contributed by atoms with Crippen LogP contribution in [0.1, 0.15) is 77.7 Å². The van der Waals surface area contributed by atoms with Crippen LogP contribution in [0.15, 0.2) is 78.6 Å². The van der Waals surface area contributed by atoms with E-state index in [0.717, 1.165) is 53.8 Å². The van der Waals surface area contributed by atoms with Gasteiger partial charge in [0.05, 0.1) is 17.0 Å². The highest BCUT2D eigenvalue weighted by atomic mass is 19.1. The van der Waals surface area contributed by atoms with Crippen molar-refractivity contribution < 1.29 is 18.4 Å². The number of hydrogen-bond donors (Lipinski definition) is 1. The van der Waals surface area contributed by atoms with Crippen LogP contribution in [0.5, 0.6) is 0 Å². The molecule has 2 aromatic carbocycles. The van der Waals surface area contributed by atoms with Crippen LogP contribution in [-0.2, 0) is 4.79 Å². The van der Waals surface area contributed by atoms with Gasteiger partial charge in [0.2, 0.25) is 5.91 Å². The molecule has 0 bridgehead atoms. The van der Waals surface area contributed by atoms with Gasteiger partial charge in [0.15, 0.2) is 0 Å². The molecule has 1 N–H and O–H groups in total. The zero-order chi connectivity index (χ0) is 32.1. The maximum absolute atomic E-state index is 13.8. The van der Waals surface area contributed by atoms with E-state index < -0.39 is 12.1 Å². The van der Waals surface area contributed by atoms with Gasteiger partial charge in [-0.15, -0.1) is 0 Å². The molecule has 0 unspecified atom stereocenters. The summed E-state index contributed by atoms with van der Waals surface area (Å²) in [4.78, 5) is 34.4. The first-order chi connectivity index (χ1) is 22.2. The predicted molar refractivity (Wildman–Crippen MR) is 175 cm³/mol. The molecule has 8 heteroatoms. The van der Waals surface area contributed by atoms with Crippen molar-refractivity contribution in [1.29, 1.82) is 0 Å². The summed E-state index contributed by atoms with van der Waals surface area (Å²) >= 11 is 0. The predicted octanol–water partition coefficient (Wildman–Crippen LogP) is 6.60. The van der Waals surface area contributed by atoms with Gasteiger partial charge in [-0.05, 0) is 97.7 Å². The van der Waals surface area contributed by atoms with E-state index in [2.05, 4.69) is 46.5 Å². The van der Waals surface area contributed by atoms with Crippen molar-refractivity contribution in [3.63, 3.8) is 0 Å². The largest absolute Gasteiger partial charge is 0.345 e. The number of carbonyl (C=O) groups is 2. The Balaban J connectivity index is 1.02. The fourth-order valence-corrected chi connectivity index (χ4v) is 7.59. The zero-order valence-electron chi connectivity index (χ0n) is 26.5. The lowest BCUT2D eigenvalue weighted by atomic mass is 9.59. The van der Waals surface area contributed by atoms with Crippen molar-refractivity contribution in [3.05, 3.63) is 112 Å². The summed E-state index contributed by atoms with van der Waals surface area (Å²) in [6.07, 6.45) is 9.33. The molecule has 3 fully saturated rings.